The monoisotopic (exact) mass is 428 g/mol. The van der Waals surface area contributed by atoms with Gasteiger partial charge in [0.15, 0.2) is 0 Å². The van der Waals surface area contributed by atoms with Crippen molar-refractivity contribution in [1.82, 2.24) is 9.80 Å². The highest BCUT2D eigenvalue weighted by Gasteiger charge is 2.33. The van der Waals surface area contributed by atoms with Crippen LogP contribution in [0.3, 0.4) is 0 Å². The van der Waals surface area contributed by atoms with Crippen molar-refractivity contribution in [3.8, 4) is 5.75 Å². The molecule has 4 rings (SSSR count). The van der Waals surface area contributed by atoms with Crippen LogP contribution in [0.5, 0.6) is 5.75 Å². The van der Waals surface area contributed by atoms with Crippen molar-refractivity contribution in [3.63, 3.8) is 0 Å². The first kappa shape index (κ1) is 21.3. The van der Waals surface area contributed by atoms with E-state index in [-0.39, 0.29) is 23.1 Å². The van der Waals surface area contributed by atoms with E-state index in [1.54, 1.807) is 12.1 Å². The third kappa shape index (κ3) is 4.70. The Balaban J connectivity index is 1.28. The summed E-state index contributed by atoms with van der Waals surface area (Å²) < 4.78 is 27.0. The number of benzene rings is 2. The first-order valence-electron chi connectivity index (χ1n) is 10.7. The first-order chi connectivity index (χ1) is 14.9. The molecule has 1 N–H and O–H groups in total. The number of phenols is 1. The van der Waals surface area contributed by atoms with Crippen LogP contribution < -0.4 is 0 Å². The summed E-state index contributed by atoms with van der Waals surface area (Å²) >= 11 is 0. The van der Waals surface area contributed by atoms with E-state index in [1.165, 1.54) is 16.5 Å². The number of carbonyl (C=O) groups excluding carboxylic acids is 2. The van der Waals surface area contributed by atoms with Crippen LogP contribution in [-0.4, -0.2) is 52.9 Å². The molecule has 0 radical (unpaired) electrons. The molecule has 2 fully saturated rings. The van der Waals surface area contributed by atoms with Gasteiger partial charge in [0.2, 0.25) is 5.91 Å². The summed E-state index contributed by atoms with van der Waals surface area (Å²) in [7, 11) is 0. The average molecular weight is 428 g/mol. The van der Waals surface area contributed by atoms with Gasteiger partial charge in [-0.2, -0.15) is 0 Å². The summed E-state index contributed by atoms with van der Waals surface area (Å²) in [6.07, 6.45) is 2.87. The lowest BCUT2D eigenvalue weighted by atomic mass is 9.88. The third-order valence-electron chi connectivity index (χ3n) is 6.46. The zero-order chi connectivity index (χ0) is 22.0. The predicted octanol–water partition coefficient (Wildman–Crippen LogP) is 3.93. The molecule has 7 heteroatoms. The molecule has 0 aromatic heterocycles. The lowest BCUT2D eigenvalue weighted by Gasteiger charge is -2.37. The molecule has 2 aromatic rings. The summed E-state index contributed by atoms with van der Waals surface area (Å²) in [4.78, 5) is 29.0. The van der Waals surface area contributed by atoms with E-state index >= 15 is 0 Å². The highest BCUT2D eigenvalue weighted by molar-refractivity contribution is 5.94. The van der Waals surface area contributed by atoms with Crippen molar-refractivity contribution in [1.29, 1.82) is 0 Å². The van der Waals surface area contributed by atoms with Crippen LogP contribution in [-0.2, 0) is 4.79 Å². The normalized spacial score (nSPS) is 18.3. The number of nitrogens with zero attached hydrogens (tertiary/aromatic N) is 2. The van der Waals surface area contributed by atoms with Crippen LogP contribution in [0.15, 0.2) is 42.5 Å². The number of rotatable bonds is 3. The number of aromatic hydroxyl groups is 1. The number of halogens is 2. The summed E-state index contributed by atoms with van der Waals surface area (Å²) in [5.74, 6) is -1.40. The number of hydrogen-bond donors (Lipinski definition) is 1. The molecule has 31 heavy (non-hydrogen) atoms. The number of amides is 2. The van der Waals surface area contributed by atoms with Gasteiger partial charge in [0.25, 0.3) is 5.91 Å². The lowest BCUT2D eigenvalue weighted by molar-refractivity contribution is -0.138. The maximum absolute atomic E-state index is 13.9. The van der Waals surface area contributed by atoms with E-state index in [1.807, 2.05) is 17.0 Å². The fourth-order valence-electron chi connectivity index (χ4n) is 4.60. The maximum atomic E-state index is 13.9. The number of carbonyl (C=O) groups is 2. The van der Waals surface area contributed by atoms with Gasteiger partial charge in [-0.05, 0) is 61.4 Å². The smallest absolute Gasteiger partial charge is 0.256 e. The standard InChI is InChI=1S/C24H26F2N2O3/c25-19-3-6-21(22(26)15-19)24(31)28-13-9-18(10-14-28)23(30)27-11-7-17(8-12-27)16-1-4-20(29)5-2-16/h1-6,15,17-18,29H,7-14H2. The van der Waals surface area contributed by atoms with Gasteiger partial charge in [-0.15, -0.1) is 0 Å². The van der Waals surface area contributed by atoms with Crippen LogP contribution in [0.25, 0.3) is 0 Å². The largest absolute Gasteiger partial charge is 0.508 e. The van der Waals surface area contributed by atoms with Crippen molar-refractivity contribution < 1.29 is 23.5 Å². The molecule has 2 saturated heterocycles. The minimum Gasteiger partial charge on any atom is -0.508 e. The second kappa shape index (κ2) is 9.04. The Labute approximate surface area is 180 Å². The molecule has 0 atom stereocenters. The molecule has 2 aliphatic heterocycles. The quantitative estimate of drug-likeness (QED) is 0.806. The van der Waals surface area contributed by atoms with Gasteiger partial charge in [-0.25, -0.2) is 8.78 Å². The fraction of sp³-hybridized carbons (Fsp3) is 0.417. The molecule has 0 unspecified atom stereocenters. The second-order valence-corrected chi connectivity index (χ2v) is 8.38. The van der Waals surface area contributed by atoms with E-state index in [0.29, 0.717) is 51.0 Å². The van der Waals surface area contributed by atoms with E-state index in [0.717, 1.165) is 18.9 Å². The molecule has 2 heterocycles. The van der Waals surface area contributed by atoms with Crippen LogP contribution in [0.4, 0.5) is 8.78 Å². The third-order valence-corrected chi connectivity index (χ3v) is 6.46. The molecule has 2 aliphatic rings. The molecule has 0 aliphatic carbocycles. The number of likely N-dealkylation sites (tertiary alicyclic amines) is 2. The van der Waals surface area contributed by atoms with Crippen molar-refractivity contribution in [3.05, 3.63) is 65.2 Å². The van der Waals surface area contributed by atoms with Crippen molar-refractivity contribution in [2.75, 3.05) is 26.2 Å². The van der Waals surface area contributed by atoms with Gasteiger partial charge in [-0.1, -0.05) is 12.1 Å². The Morgan fingerprint density at radius 1 is 0.839 bits per heavy atom. The van der Waals surface area contributed by atoms with Crippen molar-refractivity contribution >= 4 is 11.8 Å². The van der Waals surface area contributed by atoms with Gasteiger partial charge in [0, 0.05) is 38.2 Å². The Bertz CT molecular complexity index is 948. The Morgan fingerprint density at radius 2 is 1.45 bits per heavy atom. The average Bonchev–Trinajstić information content (AvgIpc) is 2.79. The van der Waals surface area contributed by atoms with Crippen LogP contribution in [0.2, 0.25) is 0 Å². The Kier molecular flexibility index (Phi) is 6.20. The summed E-state index contributed by atoms with van der Waals surface area (Å²) in [5, 5.41) is 9.45. The number of phenolic OH excluding ortho intramolecular Hbond substituents is 1. The van der Waals surface area contributed by atoms with Crippen molar-refractivity contribution in [2.45, 2.75) is 31.6 Å². The number of hydrogen-bond acceptors (Lipinski definition) is 3. The van der Waals surface area contributed by atoms with Crippen LogP contribution in [0.1, 0.15) is 47.5 Å². The maximum Gasteiger partial charge on any atom is 0.256 e. The molecule has 2 amide bonds. The summed E-state index contributed by atoms with van der Waals surface area (Å²) in [5.41, 5.74) is 1.05. The molecular formula is C24H26F2N2O3. The lowest BCUT2D eigenvalue weighted by Crippen LogP contribution is -2.46. The fourth-order valence-corrected chi connectivity index (χ4v) is 4.60. The molecule has 2 aromatic carbocycles. The van der Waals surface area contributed by atoms with E-state index in [2.05, 4.69) is 0 Å². The van der Waals surface area contributed by atoms with Gasteiger partial charge < -0.3 is 14.9 Å². The van der Waals surface area contributed by atoms with Crippen molar-refractivity contribution in [2.24, 2.45) is 5.92 Å². The second-order valence-electron chi connectivity index (χ2n) is 8.38. The Hall–Kier alpha value is -2.96. The SMILES string of the molecule is O=C(c1ccc(F)cc1F)N1CCC(C(=O)N2CCC(c3ccc(O)cc3)CC2)CC1. The number of piperidine rings is 2. The molecule has 0 spiro atoms. The summed E-state index contributed by atoms with van der Waals surface area (Å²) in [6, 6.07) is 10.2. The van der Waals surface area contributed by atoms with Gasteiger partial charge in [0.1, 0.15) is 17.4 Å². The van der Waals surface area contributed by atoms with E-state index in [4.69, 9.17) is 0 Å². The molecule has 5 nitrogen and oxygen atoms in total. The topological polar surface area (TPSA) is 60.9 Å². The van der Waals surface area contributed by atoms with Crippen LogP contribution in [0, 0.1) is 17.6 Å². The van der Waals surface area contributed by atoms with Crippen LogP contribution >= 0.6 is 0 Å². The van der Waals surface area contributed by atoms with Gasteiger partial charge in [0.05, 0.1) is 5.56 Å². The predicted molar refractivity (Wildman–Crippen MR) is 112 cm³/mol. The Morgan fingerprint density at radius 3 is 2.06 bits per heavy atom. The highest BCUT2D eigenvalue weighted by atomic mass is 19.1. The minimum absolute atomic E-state index is 0.129. The highest BCUT2D eigenvalue weighted by Crippen LogP contribution is 2.31. The zero-order valence-electron chi connectivity index (χ0n) is 17.3. The van der Waals surface area contributed by atoms with Gasteiger partial charge in [-0.3, -0.25) is 9.59 Å². The molecular weight excluding hydrogens is 402 g/mol. The molecule has 0 saturated carbocycles. The van der Waals surface area contributed by atoms with E-state index in [9.17, 15) is 23.5 Å². The van der Waals surface area contributed by atoms with Gasteiger partial charge >= 0.3 is 0 Å². The molecule has 0 bridgehead atoms. The summed E-state index contributed by atoms with van der Waals surface area (Å²) in [6.45, 7) is 2.17. The van der Waals surface area contributed by atoms with E-state index < -0.39 is 17.5 Å². The first-order valence-corrected chi connectivity index (χ1v) is 10.7. The molecule has 164 valence electrons. The minimum atomic E-state index is -0.861. The zero-order valence-corrected chi connectivity index (χ0v) is 17.3.